The van der Waals surface area contributed by atoms with Crippen LogP contribution in [0.4, 0.5) is 0 Å². The molecule has 0 bridgehead atoms. The predicted octanol–water partition coefficient (Wildman–Crippen LogP) is 5.17. The smallest absolute Gasteiger partial charge is 0.0578 e. The van der Waals surface area contributed by atoms with Crippen molar-refractivity contribution in [1.29, 1.82) is 0 Å². The van der Waals surface area contributed by atoms with Gasteiger partial charge in [0.1, 0.15) is 0 Å². The van der Waals surface area contributed by atoms with Crippen LogP contribution in [0, 0.1) is 17.3 Å². The summed E-state index contributed by atoms with van der Waals surface area (Å²) in [4.78, 5) is 0. The lowest BCUT2D eigenvalue weighted by Gasteiger charge is -2.44. The van der Waals surface area contributed by atoms with Crippen LogP contribution in [-0.2, 0) is 4.74 Å². The van der Waals surface area contributed by atoms with E-state index in [9.17, 15) is 0 Å². The SMILES string of the molecule is CC(C)C1CCC2(CCNCC2)CC1.CC(C)OC1CCC1. The van der Waals surface area contributed by atoms with E-state index < -0.39 is 0 Å². The fourth-order valence-electron chi connectivity index (χ4n) is 4.27. The van der Waals surface area contributed by atoms with Crippen LogP contribution in [0.25, 0.3) is 0 Å². The summed E-state index contributed by atoms with van der Waals surface area (Å²) in [7, 11) is 0. The van der Waals surface area contributed by atoms with Crippen LogP contribution in [0.5, 0.6) is 0 Å². The standard InChI is InChI=1S/C13H25N.C7H14O/c1-11(2)12-3-5-13(6-4-12)7-9-14-10-8-13;1-6(2)8-7-4-3-5-7/h11-12,14H,3-10H2,1-2H3;6-7H,3-5H2,1-2H3. The van der Waals surface area contributed by atoms with E-state index in [-0.39, 0.29) is 0 Å². The van der Waals surface area contributed by atoms with Crippen LogP contribution < -0.4 is 5.32 Å². The van der Waals surface area contributed by atoms with Gasteiger partial charge in [-0.05, 0) is 102 Å². The van der Waals surface area contributed by atoms with Crippen molar-refractivity contribution >= 4 is 0 Å². The molecule has 0 radical (unpaired) electrons. The van der Waals surface area contributed by atoms with E-state index in [4.69, 9.17) is 4.74 Å². The quantitative estimate of drug-likeness (QED) is 0.777. The molecule has 0 aromatic carbocycles. The van der Waals surface area contributed by atoms with Gasteiger partial charge in [0.2, 0.25) is 0 Å². The van der Waals surface area contributed by atoms with E-state index >= 15 is 0 Å². The number of hydrogen-bond acceptors (Lipinski definition) is 2. The average Bonchev–Trinajstić information content (AvgIpc) is 2.45. The van der Waals surface area contributed by atoms with Crippen molar-refractivity contribution < 1.29 is 4.74 Å². The van der Waals surface area contributed by atoms with E-state index in [1.807, 2.05) is 0 Å². The molecule has 0 atom stereocenters. The van der Waals surface area contributed by atoms with Gasteiger partial charge in [0.05, 0.1) is 12.2 Å². The normalized spacial score (nSPS) is 25.9. The Morgan fingerprint density at radius 1 is 0.864 bits per heavy atom. The van der Waals surface area contributed by atoms with Gasteiger partial charge in [-0.25, -0.2) is 0 Å². The molecular weight excluding hydrogens is 270 g/mol. The molecule has 3 rings (SSSR count). The topological polar surface area (TPSA) is 21.3 Å². The molecule has 0 aromatic heterocycles. The summed E-state index contributed by atoms with van der Waals surface area (Å²) in [5.74, 6) is 1.93. The Labute approximate surface area is 138 Å². The molecule has 2 heteroatoms. The van der Waals surface area contributed by atoms with Crippen molar-refractivity contribution in [2.45, 2.75) is 97.7 Å². The second kappa shape index (κ2) is 8.68. The van der Waals surface area contributed by atoms with Crippen LogP contribution in [0.15, 0.2) is 0 Å². The fraction of sp³-hybridized carbons (Fsp3) is 1.00. The van der Waals surface area contributed by atoms with Crippen molar-refractivity contribution in [3.63, 3.8) is 0 Å². The van der Waals surface area contributed by atoms with Gasteiger partial charge in [-0.1, -0.05) is 13.8 Å². The van der Waals surface area contributed by atoms with E-state index in [1.165, 1.54) is 70.9 Å². The molecule has 0 amide bonds. The Bertz CT molecular complexity index is 293. The highest BCUT2D eigenvalue weighted by atomic mass is 16.5. The van der Waals surface area contributed by atoms with Crippen molar-refractivity contribution in [2.24, 2.45) is 17.3 Å². The molecule has 1 heterocycles. The van der Waals surface area contributed by atoms with E-state index in [2.05, 4.69) is 33.0 Å². The zero-order valence-corrected chi connectivity index (χ0v) is 15.5. The van der Waals surface area contributed by atoms with Crippen molar-refractivity contribution in [1.82, 2.24) is 5.32 Å². The van der Waals surface area contributed by atoms with Gasteiger partial charge in [0.25, 0.3) is 0 Å². The minimum Gasteiger partial charge on any atom is -0.376 e. The molecule has 2 aliphatic carbocycles. The molecule has 1 aliphatic heterocycles. The van der Waals surface area contributed by atoms with Crippen LogP contribution in [0.1, 0.15) is 85.5 Å². The summed E-state index contributed by atoms with van der Waals surface area (Å²) >= 11 is 0. The Balaban J connectivity index is 0.000000188. The van der Waals surface area contributed by atoms with Crippen LogP contribution in [-0.4, -0.2) is 25.3 Å². The maximum atomic E-state index is 5.49. The average molecular weight is 310 g/mol. The lowest BCUT2D eigenvalue weighted by Crippen LogP contribution is -2.39. The maximum Gasteiger partial charge on any atom is 0.0578 e. The molecule has 1 N–H and O–H groups in total. The van der Waals surface area contributed by atoms with Crippen LogP contribution >= 0.6 is 0 Å². The second-order valence-electron chi connectivity index (χ2n) is 8.57. The summed E-state index contributed by atoms with van der Waals surface area (Å²) in [6, 6.07) is 0. The zero-order chi connectivity index (χ0) is 16.0. The summed E-state index contributed by atoms with van der Waals surface area (Å²) in [6.45, 7) is 11.5. The Hall–Kier alpha value is -0.0800. The third-order valence-electron chi connectivity index (χ3n) is 6.21. The number of rotatable bonds is 3. The number of piperidine rings is 1. The van der Waals surface area contributed by atoms with Crippen molar-refractivity contribution in [3.05, 3.63) is 0 Å². The van der Waals surface area contributed by atoms with Gasteiger partial charge < -0.3 is 10.1 Å². The third-order valence-corrected chi connectivity index (χ3v) is 6.21. The third kappa shape index (κ3) is 5.53. The van der Waals surface area contributed by atoms with Gasteiger partial charge in [-0.15, -0.1) is 0 Å². The number of hydrogen-bond donors (Lipinski definition) is 1. The number of ether oxygens (including phenoxy) is 1. The molecule has 1 spiro atoms. The second-order valence-corrected chi connectivity index (χ2v) is 8.57. The molecule has 3 aliphatic rings. The number of nitrogens with one attached hydrogen (secondary N) is 1. The molecular formula is C20H39NO. The van der Waals surface area contributed by atoms with Gasteiger partial charge in [0, 0.05) is 0 Å². The Morgan fingerprint density at radius 2 is 1.45 bits per heavy atom. The first-order valence-corrected chi connectivity index (χ1v) is 9.87. The molecule has 22 heavy (non-hydrogen) atoms. The molecule has 3 fully saturated rings. The molecule has 2 saturated carbocycles. The molecule has 0 unspecified atom stereocenters. The molecule has 130 valence electrons. The monoisotopic (exact) mass is 309 g/mol. The first kappa shape index (κ1) is 18.3. The van der Waals surface area contributed by atoms with E-state index in [1.54, 1.807) is 0 Å². The van der Waals surface area contributed by atoms with Crippen molar-refractivity contribution in [3.8, 4) is 0 Å². The highest BCUT2D eigenvalue weighted by molar-refractivity contribution is 4.89. The maximum absolute atomic E-state index is 5.49. The minimum atomic E-state index is 0.431. The lowest BCUT2D eigenvalue weighted by atomic mass is 9.64. The first-order chi connectivity index (χ1) is 10.5. The lowest BCUT2D eigenvalue weighted by molar-refractivity contribution is -0.0347. The Morgan fingerprint density at radius 3 is 1.82 bits per heavy atom. The van der Waals surface area contributed by atoms with Crippen molar-refractivity contribution in [2.75, 3.05) is 13.1 Å². The largest absolute Gasteiger partial charge is 0.376 e. The van der Waals surface area contributed by atoms with Gasteiger partial charge in [-0.2, -0.15) is 0 Å². The first-order valence-electron chi connectivity index (χ1n) is 9.87. The van der Waals surface area contributed by atoms with E-state index in [0.717, 1.165) is 17.3 Å². The zero-order valence-electron chi connectivity index (χ0n) is 15.5. The van der Waals surface area contributed by atoms with Gasteiger partial charge in [-0.3, -0.25) is 0 Å². The summed E-state index contributed by atoms with van der Waals surface area (Å²) in [5, 5.41) is 3.49. The summed E-state index contributed by atoms with van der Waals surface area (Å²) < 4.78 is 5.49. The highest BCUT2D eigenvalue weighted by Crippen LogP contribution is 2.46. The van der Waals surface area contributed by atoms with Gasteiger partial charge in [0.15, 0.2) is 0 Å². The predicted molar refractivity (Wildman–Crippen MR) is 95.2 cm³/mol. The molecule has 1 saturated heterocycles. The highest BCUT2D eigenvalue weighted by Gasteiger charge is 2.36. The molecule has 0 aromatic rings. The summed E-state index contributed by atoms with van der Waals surface area (Å²) in [6.07, 6.45) is 13.9. The van der Waals surface area contributed by atoms with Crippen LogP contribution in [0.2, 0.25) is 0 Å². The fourth-order valence-corrected chi connectivity index (χ4v) is 4.27. The van der Waals surface area contributed by atoms with Gasteiger partial charge >= 0.3 is 0 Å². The van der Waals surface area contributed by atoms with Crippen LogP contribution in [0.3, 0.4) is 0 Å². The minimum absolute atomic E-state index is 0.431. The summed E-state index contributed by atoms with van der Waals surface area (Å²) in [5.41, 5.74) is 0.761. The molecule has 2 nitrogen and oxygen atoms in total. The Kier molecular flexibility index (Phi) is 7.21. The van der Waals surface area contributed by atoms with E-state index in [0.29, 0.717) is 12.2 Å².